The van der Waals surface area contributed by atoms with E-state index in [2.05, 4.69) is 55.2 Å². The zero-order valence-electron chi connectivity index (χ0n) is 46.0. The number of aliphatic hydroxyl groups is 2. The van der Waals surface area contributed by atoms with Crippen LogP contribution in [0.4, 0.5) is 0 Å². The average Bonchev–Trinajstić information content (AvgIpc) is 4.35. The number of carboxylic acids is 1. The highest BCUT2D eigenvalue weighted by atomic mass is 32.1. The van der Waals surface area contributed by atoms with Crippen LogP contribution in [0.5, 0.6) is 0 Å². The molecule has 0 saturated carbocycles. The van der Waals surface area contributed by atoms with Gasteiger partial charge in [0.2, 0.25) is 59.1 Å². The number of hydrogen-bond donors (Lipinski definition) is 14. The Labute approximate surface area is 467 Å². The summed E-state index contributed by atoms with van der Waals surface area (Å²) in [6, 6.07) is -12.9. The Bertz CT molecular complexity index is 2140. The lowest BCUT2D eigenvalue weighted by atomic mass is 9.96. The Morgan fingerprint density at radius 1 is 0.582 bits per heavy atom. The molecule has 4 heterocycles. The molecule has 15 N–H and O–H groups in total. The van der Waals surface area contributed by atoms with E-state index in [1.807, 2.05) is 0 Å². The predicted octanol–water partition coefficient (Wildman–Crippen LogP) is -4.18. The highest BCUT2D eigenvalue weighted by Gasteiger charge is 2.46. The fraction of sp³-hybridized carbons (Fsp3) is 0.784. The van der Waals surface area contributed by atoms with Gasteiger partial charge in [-0.1, -0.05) is 20.3 Å². The molecule has 0 aliphatic carbocycles. The lowest BCUT2D eigenvalue weighted by molar-refractivity contribution is -0.149. The van der Waals surface area contributed by atoms with Crippen molar-refractivity contribution in [1.29, 1.82) is 0 Å². The van der Waals surface area contributed by atoms with E-state index < -0.39 is 138 Å². The van der Waals surface area contributed by atoms with Crippen LogP contribution in [0, 0.1) is 5.92 Å². The number of hydrogen-bond acceptors (Lipinski definition) is 17. The average molecular weight is 1140 g/mol. The molecular weight excluding hydrogens is 1050 g/mol. The van der Waals surface area contributed by atoms with E-state index >= 15 is 0 Å². The van der Waals surface area contributed by atoms with Gasteiger partial charge in [-0.05, 0) is 129 Å². The van der Waals surface area contributed by atoms with Gasteiger partial charge in [0.05, 0.1) is 18.8 Å². The van der Waals surface area contributed by atoms with E-state index in [9.17, 15) is 68.1 Å². The molecular formula is C51H87N13O14S. The van der Waals surface area contributed by atoms with Crippen molar-refractivity contribution < 1.29 is 68.1 Å². The summed E-state index contributed by atoms with van der Waals surface area (Å²) in [6.07, 6.45) is 5.10. The number of carboxylic acid groups (broad SMARTS) is 1. The number of aliphatic carboxylic acids is 1. The first-order valence-electron chi connectivity index (χ1n) is 27.9. The van der Waals surface area contributed by atoms with Crippen molar-refractivity contribution in [3.8, 4) is 0 Å². The van der Waals surface area contributed by atoms with Crippen LogP contribution >= 0.6 is 12.6 Å². The standard InChI is InChI=1S/C51H87N13O14S/c1-5-28(2)39(50(76)64-25-13-19-38(64)49(75)63-24-12-18-37(63)46(72)57-33(51(77)78)15-7-9-21-53)60-43(69)34(26-65)58-41(67)29(3)55-47(73)40(30(4)66)61-44(70)35(27-79)59-42(68)31(14-6-8-20-52)56-45(71)36-17-11-23-62(36)48(74)32-16-10-22-54-32/h28-40,54,65-66,79H,5-27,52-53H2,1-4H3,(H,55,73)(H,56,71)(H,57,72)(H,58,67)(H,59,68)(H,60,69)(H,61,70)(H,77,78)/t28-,29-,30+,31-,32-,33-,34-,35-,36-,37-,38-,39-,40-/m0/s1. The van der Waals surface area contributed by atoms with Gasteiger partial charge in [0.1, 0.15) is 60.4 Å². The zero-order valence-corrected chi connectivity index (χ0v) is 46.9. The molecule has 4 rings (SSSR count). The Balaban J connectivity index is 1.36. The maximum atomic E-state index is 14.4. The normalized spacial score (nSPS) is 22.5. The number of unbranched alkanes of at least 4 members (excludes halogenated alkanes) is 2. The summed E-state index contributed by atoms with van der Waals surface area (Å²) in [5.74, 6) is -9.10. The topological polar surface area (TPSA) is 406 Å². The van der Waals surface area contributed by atoms with Crippen molar-refractivity contribution in [3.63, 3.8) is 0 Å². The first-order valence-corrected chi connectivity index (χ1v) is 28.6. The summed E-state index contributed by atoms with van der Waals surface area (Å²) in [6.45, 7) is 7.09. The van der Waals surface area contributed by atoms with Crippen LogP contribution in [-0.2, 0) is 52.7 Å². The summed E-state index contributed by atoms with van der Waals surface area (Å²) in [4.78, 5) is 153. The molecule has 13 atom stereocenters. The molecule has 0 aromatic rings. The minimum Gasteiger partial charge on any atom is -0.480 e. The molecule has 79 heavy (non-hydrogen) atoms. The number of carbonyl (C=O) groups is 11. The van der Waals surface area contributed by atoms with Crippen LogP contribution in [-0.4, -0.2) is 219 Å². The third kappa shape index (κ3) is 18.4. The Kier molecular flexibility index (Phi) is 27.1. The first-order chi connectivity index (χ1) is 37.6. The number of nitrogens with one attached hydrogen (secondary N) is 8. The molecule has 10 amide bonds. The van der Waals surface area contributed by atoms with Crippen molar-refractivity contribution in [1.82, 2.24) is 57.2 Å². The van der Waals surface area contributed by atoms with Gasteiger partial charge in [-0.25, -0.2) is 4.79 Å². The Hall–Kier alpha value is -5.68. The van der Waals surface area contributed by atoms with Crippen molar-refractivity contribution in [2.45, 2.75) is 197 Å². The van der Waals surface area contributed by atoms with E-state index in [-0.39, 0.29) is 56.5 Å². The van der Waals surface area contributed by atoms with Crippen LogP contribution in [0.15, 0.2) is 0 Å². The molecule has 4 fully saturated rings. The van der Waals surface area contributed by atoms with E-state index in [1.165, 1.54) is 28.5 Å². The molecule has 446 valence electrons. The highest BCUT2D eigenvalue weighted by molar-refractivity contribution is 7.80. The third-order valence-electron chi connectivity index (χ3n) is 15.2. The van der Waals surface area contributed by atoms with Gasteiger partial charge in [-0.2, -0.15) is 12.6 Å². The van der Waals surface area contributed by atoms with E-state index in [1.54, 1.807) is 13.8 Å². The minimum absolute atomic E-state index is 0.150. The summed E-state index contributed by atoms with van der Waals surface area (Å²) < 4.78 is 0. The van der Waals surface area contributed by atoms with Gasteiger partial charge in [-0.3, -0.25) is 47.9 Å². The van der Waals surface area contributed by atoms with Crippen molar-refractivity contribution in [2.75, 3.05) is 51.6 Å². The second-order valence-corrected chi connectivity index (χ2v) is 21.4. The fourth-order valence-electron chi connectivity index (χ4n) is 10.3. The van der Waals surface area contributed by atoms with Crippen molar-refractivity contribution in [3.05, 3.63) is 0 Å². The monoisotopic (exact) mass is 1140 g/mol. The van der Waals surface area contributed by atoms with Gasteiger partial charge >= 0.3 is 5.97 Å². The number of nitrogens with zero attached hydrogens (tertiary/aromatic N) is 3. The largest absolute Gasteiger partial charge is 0.480 e. The maximum Gasteiger partial charge on any atom is 0.326 e. The smallest absolute Gasteiger partial charge is 0.326 e. The molecule has 28 heteroatoms. The molecule has 4 aliphatic heterocycles. The molecule has 0 aromatic heterocycles. The number of thiol groups is 1. The number of aliphatic hydroxyl groups excluding tert-OH is 2. The van der Waals surface area contributed by atoms with Gasteiger partial charge < -0.3 is 84.0 Å². The van der Waals surface area contributed by atoms with Gasteiger partial charge in [0, 0.05) is 25.4 Å². The number of carbonyl (C=O) groups excluding carboxylic acids is 10. The second-order valence-electron chi connectivity index (χ2n) is 21.1. The number of likely N-dealkylation sites (tertiary alicyclic amines) is 3. The van der Waals surface area contributed by atoms with Crippen LogP contribution < -0.4 is 54.0 Å². The van der Waals surface area contributed by atoms with Crippen LogP contribution in [0.2, 0.25) is 0 Å². The van der Waals surface area contributed by atoms with Crippen LogP contribution in [0.3, 0.4) is 0 Å². The molecule has 4 aliphatic rings. The summed E-state index contributed by atoms with van der Waals surface area (Å²) in [5.41, 5.74) is 11.2. The molecule has 0 aromatic carbocycles. The van der Waals surface area contributed by atoms with Gasteiger partial charge in [0.15, 0.2) is 0 Å². The summed E-state index contributed by atoms with van der Waals surface area (Å²) in [5, 5.41) is 51.5. The van der Waals surface area contributed by atoms with E-state index in [4.69, 9.17) is 11.5 Å². The van der Waals surface area contributed by atoms with Crippen LogP contribution in [0.25, 0.3) is 0 Å². The molecule has 0 radical (unpaired) electrons. The molecule has 4 saturated heterocycles. The zero-order chi connectivity index (χ0) is 58.5. The number of rotatable bonds is 31. The predicted molar refractivity (Wildman–Crippen MR) is 290 cm³/mol. The van der Waals surface area contributed by atoms with E-state index in [0.717, 1.165) is 6.42 Å². The van der Waals surface area contributed by atoms with E-state index in [0.29, 0.717) is 90.4 Å². The minimum atomic E-state index is -1.70. The van der Waals surface area contributed by atoms with Gasteiger partial charge in [0.25, 0.3) is 0 Å². The second kappa shape index (κ2) is 32.5. The Morgan fingerprint density at radius 2 is 1.09 bits per heavy atom. The summed E-state index contributed by atoms with van der Waals surface area (Å²) >= 11 is 4.23. The highest BCUT2D eigenvalue weighted by Crippen LogP contribution is 2.27. The SMILES string of the molecule is CC[C@H](C)[C@H](NC(=O)[C@H](CO)NC(=O)[C@H](C)NC(=O)[C@@H](NC(=O)[C@H](CS)NC(=O)[C@H](CCCCN)NC(=O)[C@@H]1CCCN1C(=O)[C@@H]1CCCN1)[C@@H](C)O)C(=O)N1CCC[C@H]1C(=O)N1CCC[C@H]1C(=O)N[C@@H](CCCCN)C(=O)O. The maximum absolute atomic E-state index is 14.4. The fourth-order valence-corrected chi connectivity index (χ4v) is 10.6. The van der Waals surface area contributed by atoms with Crippen LogP contribution in [0.1, 0.15) is 124 Å². The molecule has 0 unspecified atom stereocenters. The van der Waals surface area contributed by atoms with Gasteiger partial charge in [-0.15, -0.1) is 0 Å². The number of amides is 10. The quantitative estimate of drug-likeness (QED) is 0.0231. The lowest BCUT2D eigenvalue weighted by Gasteiger charge is -2.35. The molecule has 27 nitrogen and oxygen atoms in total. The molecule has 0 spiro atoms. The third-order valence-corrected chi connectivity index (χ3v) is 15.6. The van der Waals surface area contributed by atoms with Crippen molar-refractivity contribution >= 4 is 77.7 Å². The number of nitrogens with two attached hydrogens (primary N) is 2. The first kappa shape index (κ1) is 65.8. The Morgan fingerprint density at radius 3 is 1.61 bits per heavy atom. The summed E-state index contributed by atoms with van der Waals surface area (Å²) in [7, 11) is 0. The van der Waals surface area contributed by atoms with Crippen molar-refractivity contribution in [2.24, 2.45) is 17.4 Å². The molecule has 0 bridgehead atoms. The lowest BCUT2D eigenvalue weighted by Crippen LogP contribution is -2.62.